The van der Waals surface area contributed by atoms with Crippen LogP contribution in [0, 0.1) is 17.6 Å². The summed E-state index contributed by atoms with van der Waals surface area (Å²) in [6.07, 6.45) is 3.66. The van der Waals surface area contributed by atoms with E-state index in [2.05, 4.69) is 16.7 Å². The van der Waals surface area contributed by atoms with E-state index in [9.17, 15) is 22.0 Å². The summed E-state index contributed by atoms with van der Waals surface area (Å²) >= 11 is 0. The van der Waals surface area contributed by atoms with Gasteiger partial charge in [-0.1, -0.05) is 11.6 Å². The number of nitrogens with one attached hydrogen (secondary N) is 2. The number of amides is 1. The van der Waals surface area contributed by atoms with Crippen molar-refractivity contribution in [2.24, 2.45) is 5.92 Å². The number of carbonyl (C=O) groups is 1. The monoisotopic (exact) mass is 435 g/mol. The maximum absolute atomic E-state index is 13.9. The molecule has 156 valence electrons. The molecule has 3 rings (SSSR count). The highest BCUT2D eigenvalue weighted by atomic mass is 35.5. The quantitative estimate of drug-likeness (QED) is 0.691. The van der Waals surface area contributed by atoms with Crippen LogP contribution in [0.5, 0.6) is 0 Å². The Morgan fingerprint density at radius 2 is 1.96 bits per heavy atom. The SMILES string of the molecule is Cl.O=C(NCC1=CCNCC1)C1CCN(S(=O)(=O)c2cc(F)ccc2F)CC1. The van der Waals surface area contributed by atoms with Gasteiger partial charge in [-0.25, -0.2) is 17.2 Å². The second-order valence-electron chi connectivity index (χ2n) is 6.79. The van der Waals surface area contributed by atoms with Gasteiger partial charge in [-0.05, 0) is 44.0 Å². The van der Waals surface area contributed by atoms with E-state index in [4.69, 9.17) is 0 Å². The molecule has 1 aromatic rings. The fourth-order valence-corrected chi connectivity index (χ4v) is 4.89. The van der Waals surface area contributed by atoms with Crippen LogP contribution >= 0.6 is 12.4 Å². The van der Waals surface area contributed by atoms with Gasteiger partial charge < -0.3 is 10.6 Å². The van der Waals surface area contributed by atoms with Crippen LogP contribution in [-0.4, -0.2) is 51.4 Å². The molecule has 0 aliphatic carbocycles. The zero-order valence-electron chi connectivity index (χ0n) is 15.3. The average Bonchev–Trinajstić information content (AvgIpc) is 2.68. The highest BCUT2D eigenvalue weighted by molar-refractivity contribution is 7.89. The van der Waals surface area contributed by atoms with Crippen LogP contribution in [0.15, 0.2) is 34.7 Å². The van der Waals surface area contributed by atoms with Crippen LogP contribution in [0.2, 0.25) is 0 Å². The van der Waals surface area contributed by atoms with E-state index in [1.807, 2.05) is 0 Å². The fourth-order valence-electron chi connectivity index (χ4n) is 3.35. The first-order valence-corrected chi connectivity index (χ1v) is 10.4. The number of hydrogen-bond acceptors (Lipinski definition) is 4. The summed E-state index contributed by atoms with van der Waals surface area (Å²) in [5.41, 5.74) is 1.18. The largest absolute Gasteiger partial charge is 0.352 e. The molecule has 28 heavy (non-hydrogen) atoms. The molecule has 0 unspecified atom stereocenters. The van der Waals surface area contributed by atoms with Gasteiger partial charge in [0.15, 0.2) is 0 Å². The van der Waals surface area contributed by atoms with Gasteiger partial charge in [-0.15, -0.1) is 12.4 Å². The number of halogens is 3. The minimum atomic E-state index is -4.12. The molecule has 2 heterocycles. The number of benzene rings is 1. The molecule has 0 spiro atoms. The predicted molar refractivity (Wildman–Crippen MR) is 104 cm³/mol. The molecule has 1 amide bonds. The van der Waals surface area contributed by atoms with Gasteiger partial charge in [0.2, 0.25) is 15.9 Å². The summed E-state index contributed by atoms with van der Waals surface area (Å²) in [4.78, 5) is 11.7. The Morgan fingerprint density at radius 3 is 2.61 bits per heavy atom. The lowest BCUT2D eigenvalue weighted by atomic mass is 9.97. The standard InChI is InChI=1S/C18H23F2N3O3S.ClH/c19-15-1-2-16(20)17(11-15)27(25,26)23-9-5-14(6-10-23)18(24)22-12-13-3-7-21-8-4-13;/h1-3,11,14,21H,4-10,12H2,(H,22,24);1H. The minimum Gasteiger partial charge on any atom is -0.352 e. The normalized spacial score (nSPS) is 18.9. The van der Waals surface area contributed by atoms with Crippen molar-refractivity contribution in [1.82, 2.24) is 14.9 Å². The van der Waals surface area contributed by atoms with Crippen molar-refractivity contribution in [1.29, 1.82) is 0 Å². The smallest absolute Gasteiger partial charge is 0.246 e. The molecule has 1 aromatic carbocycles. The number of rotatable bonds is 5. The third-order valence-corrected chi connectivity index (χ3v) is 6.90. The number of carbonyl (C=O) groups excluding carboxylic acids is 1. The Balaban J connectivity index is 0.00000280. The maximum Gasteiger partial charge on any atom is 0.246 e. The third kappa shape index (κ3) is 5.28. The summed E-state index contributed by atoms with van der Waals surface area (Å²) in [5, 5.41) is 6.12. The zero-order valence-corrected chi connectivity index (χ0v) is 16.9. The molecule has 0 aromatic heterocycles. The van der Waals surface area contributed by atoms with Gasteiger partial charge in [0.05, 0.1) is 0 Å². The van der Waals surface area contributed by atoms with Gasteiger partial charge in [-0.3, -0.25) is 4.79 Å². The van der Waals surface area contributed by atoms with Crippen molar-refractivity contribution in [2.45, 2.75) is 24.2 Å². The van der Waals surface area contributed by atoms with Crippen molar-refractivity contribution in [3.05, 3.63) is 41.5 Å². The minimum absolute atomic E-state index is 0. The Kier molecular flexibility index (Phi) is 7.94. The summed E-state index contributed by atoms with van der Waals surface area (Å²) in [5.74, 6) is -2.16. The molecular weight excluding hydrogens is 412 g/mol. The van der Waals surface area contributed by atoms with Gasteiger partial charge in [-0.2, -0.15) is 4.31 Å². The first-order chi connectivity index (χ1) is 12.9. The van der Waals surface area contributed by atoms with Gasteiger partial charge in [0.1, 0.15) is 16.5 Å². The van der Waals surface area contributed by atoms with Crippen LogP contribution in [0.3, 0.4) is 0 Å². The molecule has 2 N–H and O–H groups in total. The number of nitrogens with zero attached hydrogens (tertiary/aromatic N) is 1. The van der Waals surface area contributed by atoms with E-state index in [1.54, 1.807) is 0 Å². The van der Waals surface area contributed by atoms with Gasteiger partial charge in [0, 0.05) is 32.1 Å². The van der Waals surface area contributed by atoms with E-state index in [0.29, 0.717) is 25.5 Å². The summed E-state index contributed by atoms with van der Waals surface area (Å²) in [6, 6.07) is 2.37. The molecule has 2 aliphatic rings. The maximum atomic E-state index is 13.9. The molecule has 10 heteroatoms. The van der Waals surface area contributed by atoms with Gasteiger partial charge >= 0.3 is 0 Å². The molecule has 0 saturated carbocycles. The summed E-state index contributed by atoms with van der Waals surface area (Å²) in [7, 11) is -4.12. The van der Waals surface area contributed by atoms with Crippen molar-refractivity contribution >= 4 is 28.3 Å². The highest BCUT2D eigenvalue weighted by Crippen LogP contribution is 2.26. The second kappa shape index (κ2) is 9.78. The predicted octanol–water partition coefficient (Wildman–Crippen LogP) is 1.82. The van der Waals surface area contributed by atoms with E-state index in [1.165, 1.54) is 5.57 Å². The van der Waals surface area contributed by atoms with Crippen LogP contribution in [0.25, 0.3) is 0 Å². The highest BCUT2D eigenvalue weighted by Gasteiger charge is 2.33. The van der Waals surface area contributed by atoms with Crippen LogP contribution < -0.4 is 10.6 Å². The zero-order chi connectivity index (χ0) is 19.4. The van der Waals surface area contributed by atoms with Crippen molar-refractivity contribution < 1.29 is 22.0 Å². The van der Waals surface area contributed by atoms with Gasteiger partial charge in [0.25, 0.3) is 0 Å². The van der Waals surface area contributed by atoms with Crippen LogP contribution in [-0.2, 0) is 14.8 Å². The second-order valence-corrected chi connectivity index (χ2v) is 8.69. The van der Waals surface area contributed by atoms with Crippen LogP contribution in [0.1, 0.15) is 19.3 Å². The molecule has 1 saturated heterocycles. The van der Waals surface area contributed by atoms with E-state index >= 15 is 0 Å². The number of sulfonamides is 1. The molecule has 1 fully saturated rings. The summed E-state index contributed by atoms with van der Waals surface area (Å²) in [6.45, 7) is 2.41. The Morgan fingerprint density at radius 1 is 1.25 bits per heavy atom. The van der Waals surface area contributed by atoms with Crippen molar-refractivity contribution in [3.8, 4) is 0 Å². The van der Waals surface area contributed by atoms with E-state index in [0.717, 1.165) is 35.9 Å². The Hall–Kier alpha value is -1.55. The Bertz CT molecular complexity index is 840. The molecule has 2 aliphatic heterocycles. The number of hydrogen-bond donors (Lipinski definition) is 2. The van der Waals surface area contributed by atoms with Crippen LogP contribution in [0.4, 0.5) is 8.78 Å². The fraction of sp³-hybridized carbons (Fsp3) is 0.500. The number of piperidine rings is 1. The van der Waals surface area contributed by atoms with Crippen molar-refractivity contribution in [2.75, 3.05) is 32.7 Å². The average molecular weight is 436 g/mol. The Labute approximate surface area is 169 Å². The van der Waals surface area contributed by atoms with Crippen molar-refractivity contribution in [3.63, 3.8) is 0 Å². The molecular formula is C18H24ClF2N3O3S. The molecule has 0 radical (unpaired) electrons. The summed E-state index contributed by atoms with van der Waals surface area (Å²) < 4.78 is 53.5. The van der Waals surface area contributed by atoms with E-state index < -0.39 is 26.6 Å². The topological polar surface area (TPSA) is 78.5 Å². The first kappa shape index (κ1) is 22.7. The van der Waals surface area contributed by atoms with E-state index in [-0.39, 0.29) is 37.3 Å². The molecule has 0 atom stereocenters. The third-order valence-electron chi connectivity index (χ3n) is 4.98. The molecule has 0 bridgehead atoms. The molecule has 6 nitrogen and oxygen atoms in total. The lowest BCUT2D eigenvalue weighted by molar-refractivity contribution is -0.125. The first-order valence-electron chi connectivity index (χ1n) is 8.99. The lowest BCUT2D eigenvalue weighted by Crippen LogP contribution is -2.43. The lowest BCUT2D eigenvalue weighted by Gasteiger charge is -2.30.